The van der Waals surface area contributed by atoms with E-state index in [1.807, 2.05) is 67.7 Å². The molecule has 0 atom stereocenters. The largest absolute Gasteiger partial charge is 0.478 e. The first kappa shape index (κ1) is 19.3. The van der Waals surface area contributed by atoms with Crippen molar-refractivity contribution in [3.8, 4) is 22.7 Å². The number of benzene rings is 2. The molecule has 0 fully saturated rings. The van der Waals surface area contributed by atoms with E-state index in [4.69, 9.17) is 16.3 Å². The molecule has 0 saturated heterocycles. The van der Waals surface area contributed by atoms with E-state index in [9.17, 15) is 4.79 Å². The van der Waals surface area contributed by atoms with E-state index in [0.29, 0.717) is 28.6 Å². The molecule has 0 amide bonds. The molecule has 3 heterocycles. The third kappa shape index (κ3) is 3.53. The summed E-state index contributed by atoms with van der Waals surface area (Å²) < 4.78 is 7.23. The van der Waals surface area contributed by atoms with Crippen molar-refractivity contribution in [2.45, 2.75) is 6.92 Å². The van der Waals surface area contributed by atoms with Crippen LogP contribution in [0.25, 0.3) is 38.6 Å². The second kappa shape index (κ2) is 7.85. The van der Waals surface area contributed by atoms with E-state index < -0.39 is 0 Å². The highest BCUT2D eigenvalue weighted by Crippen LogP contribution is 2.28. The lowest BCUT2D eigenvalue weighted by Gasteiger charge is -2.13. The van der Waals surface area contributed by atoms with Gasteiger partial charge in [0.15, 0.2) is 0 Å². The average molecular weight is 428 g/mol. The Kier molecular flexibility index (Phi) is 4.88. The maximum absolute atomic E-state index is 13.7. The zero-order valence-corrected chi connectivity index (χ0v) is 17.5. The van der Waals surface area contributed by atoms with Crippen molar-refractivity contribution in [2.24, 2.45) is 0 Å². The maximum atomic E-state index is 13.7. The van der Waals surface area contributed by atoms with Crippen molar-refractivity contribution in [3.05, 3.63) is 94.5 Å². The van der Waals surface area contributed by atoms with Crippen molar-refractivity contribution in [2.75, 3.05) is 6.61 Å². The van der Waals surface area contributed by atoms with Crippen molar-refractivity contribution in [1.29, 1.82) is 0 Å². The number of pyridine rings is 3. The van der Waals surface area contributed by atoms with Gasteiger partial charge in [0, 0.05) is 39.9 Å². The highest BCUT2D eigenvalue weighted by molar-refractivity contribution is 6.30. The van der Waals surface area contributed by atoms with Gasteiger partial charge in [-0.25, -0.2) is 4.98 Å². The van der Waals surface area contributed by atoms with Crippen LogP contribution in [-0.4, -0.2) is 21.1 Å². The smallest absolute Gasteiger partial charge is 0.265 e. The molecule has 2 aromatic carbocycles. The van der Waals surface area contributed by atoms with Crippen LogP contribution in [0.3, 0.4) is 0 Å². The minimum Gasteiger partial charge on any atom is -0.478 e. The lowest BCUT2D eigenvalue weighted by molar-refractivity contribution is 0.328. The molecule has 152 valence electrons. The molecule has 0 radical (unpaired) electrons. The summed E-state index contributed by atoms with van der Waals surface area (Å²) in [5.74, 6) is 0.485. The van der Waals surface area contributed by atoms with Gasteiger partial charge < -0.3 is 4.74 Å². The zero-order chi connectivity index (χ0) is 21.4. The predicted octanol–water partition coefficient (Wildman–Crippen LogP) is 5.65. The predicted molar refractivity (Wildman–Crippen MR) is 124 cm³/mol. The zero-order valence-electron chi connectivity index (χ0n) is 16.7. The quantitative estimate of drug-likeness (QED) is 0.371. The fourth-order valence-corrected chi connectivity index (χ4v) is 3.81. The molecule has 0 bridgehead atoms. The molecule has 0 saturated carbocycles. The van der Waals surface area contributed by atoms with Crippen molar-refractivity contribution >= 4 is 33.4 Å². The molecule has 0 N–H and O–H groups in total. The summed E-state index contributed by atoms with van der Waals surface area (Å²) in [7, 11) is 0. The SMILES string of the molecule is CCOc1ccc2cn(-c3ccc4ncccc4c3)c(=O)c(-c3ccc(Cl)cc3)c2n1. The Morgan fingerprint density at radius 3 is 2.65 bits per heavy atom. The Morgan fingerprint density at radius 1 is 1.00 bits per heavy atom. The highest BCUT2D eigenvalue weighted by Gasteiger charge is 2.16. The molecule has 0 aliphatic heterocycles. The molecule has 0 aliphatic carbocycles. The van der Waals surface area contributed by atoms with Crippen LogP contribution in [0.4, 0.5) is 0 Å². The van der Waals surface area contributed by atoms with Gasteiger partial charge in [-0.15, -0.1) is 0 Å². The van der Waals surface area contributed by atoms with Gasteiger partial charge in [-0.1, -0.05) is 29.8 Å². The normalized spacial score (nSPS) is 11.2. The van der Waals surface area contributed by atoms with Crippen LogP contribution in [-0.2, 0) is 0 Å². The van der Waals surface area contributed by atoms with Crippen molar-refractivity contribution < 1.29 is 4.74 Å². The summed E-state index contributed by atoms with van der Waals surface area (Å²) in [6, 6.07) is 20.6. The van der Waals surface area contributed by atoms with Crippen LogP contribution in [0, 0.1) is 0 Å². The first-order valence-corrected chi connectivity index (χ1v) is 10.3. The Bertz CT molecular complexity index is 1480. The topological polar surface area (TPSA) is 57.0 Å². The number of hydrogen-bond donors (Lipinski definition) is 0. The first-order valence-electron chi connectivity index (χ1n) is 9.94. The van der Waals surface area contributed by atoms with Crippen LogP contribution >= 0.6 is 11.6 Å². The fourth-order valence-electron chi connectivity index (χ4n) is 3.69. The fraction of sp³-hybridized carbons (Fsp3) is 0.0800. The van der Waals surface area contributed by atoms with E-state index >= 15 is 0 Å². The second-order valence-electron chi connectivity index (χ2n) is 7.09. The Labute approximate surface area is 183 Å². The molecule has 0 spiro atoms. The molecule has 5 rings (SSSR count). The molecule has 5 nitrogen and oxygen atoms in total. The summed E-state index contributed by atoms with van der Waals surface area (Å²) in [6.07, 6.45) is 3.57. The van der Waals surface area contributed by atoms with E-state index in [2.05, 4.69) is 9.97 Å². The van der Waals surface area contributed by atoms with Gasteiger partial charge in [-0.2, -0.15) is 0 Å². The van der Waals surface area contributed by atoms with Gasteiger partial charge in [0.1, 0.15) is 0 Å². The monoisotopic (exact) mass is 427 g/mol. The van der Waals surface area contributed by atoms with Gasteiger partial charge in [-0.05, 0) is 55.0 Å². The average Bonchev–Trinajstić information content (AvgIpc) is 2.79. The minimum atomic E-state index is -0.167. The molecular weight excluding hydrogens is 410 g/mol. The van der Waals surface area contributed by atoms with Gasteiger partial charge in [0.2, 0.25) is 5.88 Å². The Balaban J connectivity index is 1.81. The third-order valence-electron chi connectivity index (χ3n) is 5.13. The molecule has 3 aromatic heterocycles. The lowest BCUT2D eigenvalue weighted by atomic mass is 10.0. The molecule has 0 aliphatic rings. The third-order valence-corrected chi connectivity index (χ3v) is 5.38. The maximum Gasteiger partial charge on any atom is 0.265 e. The van der Waals surface area contributed by atoms with Crippen LogP contribution < -0.4 is 10.3 Å². The van der Waals surface area contributed by atoms with Gasteiger partial charge >= 0.3 is 0 Å². The van der Waals surface area contributed by atoms with E-state index in [-0.39, 0.29) is 5.56 Å². The molecule has 5 aromatic rings. The highest BCUT2D eigenvalue weighted by atomic mass is 35.5. The van der Waals surface area contributed by atoms with E-state index in [1.54, 1.807) is 22.9 Å². The lowest BCUT2D eigenvalue weighted by Crippen LogP contribution is -2.20. The summed E-state index contributed by atoms with van der Waals surface area (Å²) >= 11 is 6.08. The number of ether oxygens (including phenoxy) is 1. The second-order valence-corrected chi connectivity index (χ2v) is 7.52. The minimum absolute atomic E-state index is 0.167. The standard InChI is InChI=1S/C25H18ClN3O2/c1-2-31-22-12-7-18-15-29(20-10-11-21-17(14-20)4-3-13-27-21)25(30)23(24(18)28-22)16-5-8-19(26)9-6-16/h3-15H,2H2,1H3. The van der Waals surface area contributed by atoms with Crippen LogP contribution in [0.2, 0.25) is 5.02 Å². The van der Waals surface area contributed by atoms with Crippen LogP contribution in [0.5, 0.6) is 5.88 Å². The van der Waals surface area contributed by atoms with Crippen LogP contribution in [0.1, 0.15) is 6.92 Å². The van der Waals surface area contributed by atoms with Gasteiger partial charge in [-0.3, -0.25) is 14.3 Å². The van der Waals surface area contributed by atoms with Crippen LogP contribution in [0.15, 0.2) is 83.9 Å². The molecule has 31 heavy (non-hydrogen) atoms. The first-order chi connectivity index (χ1) is 15.1. The molecule has 6 heteroatoms. The van der Waals surface area contributed by atoms with Gasteiger partial charge in [0.25, 0.3) is 5.56 Å². The Hall–Kier alpha value is -3.70. The summed E-state index contributed by atoms with van der Waals surface area (Å²) in [6.45, 7) is 2.40. The number of hydrogen-bond acceptors (Lipinski definition) is 4. The van der Waals surface area contributed by atoms with E-state index in [1.165, 1.54) is 0 Å². The van der Waals surface area contributed by atoms with E-state index in [0.717, 1.165) is 27.5 Å². The number of rotatable bonds is 4. The van der Waals surface area contributed by atoms with Crippen molar-refractivity contribution in [1.82, 2.24) is 14.5 Å². The summed E-state index contributed by atoms with van der Waals surface area (Å²) in [4.78, 5) is 22.7. The summed E-state index contributed by atoms with van der Waals surface area (Å²) in [5, 5.41) is 2.40. The number of nitrogens with zero attached hydrogens (tertiary/aromatic N) is 3. The summed E-state index contributed by atoms with van der Waals surface area (Å²) in [5.41, 5.74) is 3.31. The molecular formula is C25H18ClN3O2. The Morgan fingerprint density at radius 2 is 1.84 bits per heavy atom. The number of fused-ring (bicyclic) bond motifs is 2. The van der Waals surface area contributed by atoms with Gasteiger partial charge in [0.05, 0.1) is 23.2 Å². The van der Waals surface area contributed by atoms with Crippen molar-refractivity contribution in [3.63, 3.8) is 0 Å². The number of halogens is 1. The number of aromatic nitrogens is 3. The molecule has 0 unspecified atom stereocenters.